The third-order valence-electron chi connectivity index (χ3n) is 3.11. The van der Waals surface area contributed by atoms with Crippen LogP contribution in [0, 0.1) is 6.92 Å². The van der Waals surface area contributed by atoms with Crippen molar-refractivity contribution in [3.8, 4) is 0 Å². The van der Waals surface area contributed by atoms with Crippen molar-refractivity contribution in [3.63, 3.8) is 0 Å². The zero-order chi connectivity index (χ0) is 13.2. The van der Waals surface area contributed by atoms with E-state index in [0.29, 0.717) is 6.54 Å². The van der Waals surface area contributed by atoms with Crippen LogP contribution in [0.3, 0.4) is 0 Å². The van der Waals surface area contributed by atoms with Crippen molar-refractivity contribution in [1.29, 1.82) is 0 Å². The van der Waals surface area contributed by atoms with Crippen LogP contribution in [0.15, 0.2) is 24.3 Å². The smallest absolute Gasteiger partial charge is 0.212 e. The van der Waals surface area contributed by atoms with Gasteiger partial charge in [0.25, 0.3) is 0 Å². The zero-order valence-electron chi connectivity index (χ0n) is 10.5. The molecular weight excluding hydrogens is 270 g/mol. The van der Waals surface area contributed by atoms with Crippen molar-refractivity contribution in [2.75, 3.05) is 11.6 Å². The Labute approximate surface area is 114 Å². The van der Waals surface area contributed by atoms with E-state index in [4.69, 9.17) is 11.6 Å². The molecular formula is C13H18ClNO2S. The first-order valence-electron chi connectivity index (χ1n) is 6.14. The molecule has 0 aliphatic heterocycles. The summed E-state index contributed by atoms with van der Waals surface area (Å²) < 4.78 is 25.9. The molecule has 18 heavy (non-hydrogen) atoms. The van der Waals surface area contributed by atoms with E-state index in [1.54, 1.807) is 4.31 Å². The molecule has 0 saturated heterocycles. The summed E-state index contributed by atoms with van der Waals surface area (Å²) >= 11 is 5.57. The molecule has 100 valence electrons. The Morgan fingerprint density at radius 1 is 1.28 bits per heavy atom. The molecule has 1 fully saturated rings. The van der Waals surface area contributed by atoms with Gasteiger partial charge >= 0.3 is 0 Å². The summed E-state index contributed by atoms with van der Waals surface area (Å²) in [6, 6.07) is 8.17. The van der Waals surface area contributed by atoms with Crippen LogP contribution in [0.1, 0.15) is 24.0 Å². The molecule has 0 atom stereocenters. The topological polar surface area (TPSA) is 37.4 Å². The third-order valence-corrected chi connectivity index (χ3v) is 5.38. The van der Waals surface area contributed by atoms with E-state index in [9.17, 15) is 8.42 Å². The van der Waals surface area contributed by atoms with Crippen LogP contribution < -0.4 is 0 Å². The van der Waals surface area contributed by atoms with Crippen LogP contribution in [-0.2, 0) is 16.6 Å². The lowest BCUT2D eigenvalue weighted by Crippen LogP contribution is -2.34. The lowest BCUT2D eigenvalue weighted by atomic mass is 10.1. The molecule has 1 aliphatic carbocycles. The van der Waals surface area contributed by atoms with Gasteiger partial charge in [-0.2, -0.15) is 4.31 Å². The second-order valence-corrected chi connectivity index (χ2v) is 7.19. The third kappa shape index (κ3) is 3.46. The number of halogens is 1. The van der Waals surface area contributed by atoms with E-state index >= 15 is 0 Å². The van der Waals surface area contributed by atoms with Gasteiger partial charge in [-0.15, -0.1) is 11.6 Å². The van der Waals surface area contributed by atoms with Crippen molar-refractivity contribution in [3.05, 3.63) is 35.4 Å². The lowest BCUT2D eigenvalue weighted by Gasteiger charge is -2.21. The highest BCUT2D eigenvalue weighted by molar-refractivity contribution is 7.89. The first-order chi connectivity index (χ1) is 8.53. The Balaban J connectivity index is 2.14. The van der Waals surface area contributed by atoms with Gasteiger partial charge in [0.15, 0.2) is 0 Å². The van der Waals surface area contributed by atoms with Gasteiger partial charge in [-0.3, -0.25) is 0 Å². The van der Waals surface area contributed by atoms with Gasteiger partial charge in [0.2, 0.25) is 10.0 Å². The van der Waals surface area contributed by atoms with Crippen molar-refractivity contribution >= 4 is 21.6 Å². The lowest BCUT2D eigenvalue weighted by molar-refractivity contribution is 0.399. The monoisotopic (exact) mass is 287 g/mol. The highest BCUT2D eigenvalue weighted by Crippen LogP contribution is 2.31. The molecule has 1 aliphatic rings. The largest absolute Gasteiger partial charge is 0.215 e. The highest BCUT2D eigenvalue weighted by atomic mass is 35.5. The predicted molar refractivity (Wildman–Crippen MR) is 74.3 cm³/mol. The zero-order valence-corrected chi connectivity index (χ0v) is 12.0. The van der Waals surface area contributed by atoms with Gasteiger partial charge < -0.3 is 0 Å². The molecule has 0 unspecified atom stereocenters. The summed E-state index contributed by atoms with van der Waals surface area (Å²) in [4.78, 5) is 0. The SMILES string of the molecule is Cc1ccc(CN(C2CC2)S(=O)(=O)CCCl)cc1. The molecule has 1 aromatic rings. The maximum Gasteiger partial charge on any atom is 0.215 e. The van der Waals surface area contributed by atoms with E-state index in [1.807, 2.05) is 31.2 Å². The molecule has 0 heterocycles. The Kier molecular flexibility index (Phi) is 4.30. The van der Waals surface area contributed by atoms with Crippen LogP contribution in [0.2, 0.25) is 0 Å². The molecule has 1 saturated carbocycles. The minimum Gasteiger partial charge on any atom is -0.212 e. The predicted octanol–water partition coefficient (Wildman–Crippen LogP) is 2.53. The Morgan fingerprint density at radius 3 is 2.39 bits per heavy atom. The molecule has 5 heteroatoms. The second kappa shape index (κ2) is 5.59. The van der Waals surface area contributed by atoms with Crippen LogP contribution >= 0.6 is 11.6 Å². The minimum absolute atomic E-state index is 0.0247. The van der Waals surface area contributed by atoms with Crippen molar-refractivity contribution < 1.29 is 8.42 Å². The number of alkyl halides is 1. The fourth-order valence-corrected chi connectivity index (χ4v) is 3.93. The first-order valence-corrected chi connectivity index (χ1v) is 8.28. The maximum atomic E-state index is 12.1. The van der Waals surface area contributed by atoms with Gasteiger partial charge in [-0.05, 0) is 25.3 Å². The average molecular weight is 288 g/mol. The van der Waals surface area contributed by atoms with Gasteiger partial charge in [0, 0.05) is 18.5 Å². The summed E-state index contributed by atoms with van der Waals surface area (Å²) in [5.41, 5.74) is 2.21. The number of nitrogens with zero attached hydrogens (tertiary/aromatic N) is 1. The average Bonchev–Trinajstić information content (AvgIpc) is 3.12. The minimum atomic E-state index is -3.22. The number of hydrogen-bond acceptors (Lipinski definition) is 2. The van der Waals surface area contributed by atoms with Crippen molar-refractivity contribution in [1.82, 2.24) is 4.31 Å². The highest BCUT2D eigenvalue weighted by Gasteiger charge is 2.36. The van der Waals surface area contributed by atoms with Crippen molar-refractivity contribution in [2.45, 2.75) is 32.4 Å². The summed E-state index contributed by atoms with van der Waals surface area (Å²) in [5.74, 6) is 0.177. The van der Waals surface area contributed by atoms with E-state index in [0.717, 1.165) is 18.4 Å². The van der Waals surface area contributed by atoms with Crippen LogP contribution in [0.4, 0.5) is 0 Å². The van der Waals surface area contributed by atoms with E-state index in [2.05, 4.69) is 0 Å². The van der Waals surface area contributed by atoms with E-state index < -0.39 is 10.0 Å². The molecule has 0 spiro atoms. The Hall–Kier alpha value is -0.580. The fraction of sp³-hybridized carbons (Fsp3) is 0.538. The normalized spacial score (nSPS) is 16.2. The van der Waals surface area contributed by atoms with E-state index in [1.165, 1.54) is 5.56 Å². The number of sulfonamides is 1. The molecule has 0 aromatic heterocycles. The number of aryl methyl sites for hydroxylation is 1. The van der Waals surface area contributed by atoms with E-state index in [-0.39, 0.29) is 17.7 Å². The summed E-state index contributed by atoms with van der Waals surface area (Å²) in [5, 5.41) is 0. The van der Waals surface area contributed by atoms with Crippen LogP contribution in [-0.4, -0.2) is 30.4 Å². The van der Waals surface area contributed by atoms with Crippen LogP contribution in [0.5, 0.6) is 0 Å². The molecule has 0 bridgehead atoms. The number of benzene rings is 1. The molecule has 0 radical (unpaired) electrons. The van der Waals surface area contributed by atoms with Gasteiger partial charge in [-0.1, -0.05) is 29.8 Å². The summed E-state index contributed by atoms with van der Waals surface area (Å²) in [7, 11) is -3.22. The van der Waals surface area contributed by atoms with Crippen LogP contribution in [0.25, 0.3) is 0 Å². The number of rotatable bonds is 6. The molecule has 0 amide bonds. The Morgan fingerprint density at radius 2 is 1.89 bits per heavy atom. The fourth-order valence-electron chi connectivity index (χ4n) is 1.91. The second-order valence-electron chi connectivity index (χ2n) is 4.77. The molecule has 3 nitrogen and oxygen atoms in total. The maximum absolute atomic E-state index is 12.1. The quantitative estimate of drug-likeness (QED) is 0.754. The standard InChI is InChI=1S/C13H18ClNO2S/c1-11-2-4-12(5-3-11)10-15(13-6-7-13)18(16,17)9-8-14/h2-5,13H,6-10H2,1H3. The van der Waals surface area contributed by atoms with Gasteiger partial charge in [0.1, 0.15) is 0 Å². The summed E-state index contributed by atoms with van der Waals surface area (Å²) in [6.07, 6.45) is 1.93. The number of hydrogen-bond donors (Lipinski definition) is 0. The van der Waals surface area contributed by atoms with Gasteiger partial charge in [0.05, 0.1) is 5.75 Å². The van der Waals surface area contributed by atoms with Crippen molar-refractivity contribution in [2.24, 2.45) is 0 Å². The molecule has 0 N–H and O–H groups in total. The summed E-state index contributed by atoms with van der Waals surface area (Å²) in [6.45, 7) is 2.48. The first kappa shape index (κ1) is 13.8. The molecule has 1 aromatic carbocycles. The van der Waals surface area contributed by atoms with Gasteiger partial charge in [-0.25, -0.2) is 8.42 Å². The molecule has 2 rings (SSSR count). The Bertz CT molecular complexity index is 494.